The first kappa shape index (κ1) is 21.4. The van der Waals surface area contributed by atoms with Gasteiger partial charge >= 0.3 is 0 Å². The molecular formula is C23H27ClN2O3. The van der Waals surface area contributed by atoms with Gasteiger partial charge in [0.15, 0.2) is 0 Å². The summed E-state index contributed by atoms with van der Waals surface area (Å²) in [6.45, 7) is 5.60. The third-order valence-electron chi connectivity index (χ3n) is 4.62. The van der Waals surface area contributed by atoms with Crippen molar-refractivity contribution in [1.82, 2.24) is 9.88 Å². The Hall–Kier alpha value is -2.34. The van der Waals surface area contributed by atoms with Crippen molar-refractivity contribution in [3.63, 3.8) is 0 Å². The van der Waals surface area contributed by atoms with E-state index in [1.165, 1.54) is 0 Å². The fourth-order valence-corrected chi connectivity index (χ4v) is 3.36. The molecule has 6 heteroatoms. The van der Waals surface area contributed by atoms with E-state index in [9.17, 15) is 4.79 Å². The second-order valence-electron chi connectivity index (χ2n) is 6.72. The van der Waals surface area contributed by atoms with E-state index >= 15 is 0 Å². The van der Waals surface area contributed by atoms with E-state index in [0.29, 0.717) is 24.7 Å². The van der Waals surface area contributed by atoms with Gasteiger partial charge in [0.2, 0.25) is 0 Å². The van der Waals surface area contributed by atoms with Gasteiger partial charge in [-0.2, -0.15) is 0 Å². The highest BCUT2D eigenvalue weighted by atomic mass is 35.5. The molecule has 0 saturated heterocycles. The molecule has 0 aliphatic rings. The summed E-state index contributed by atoms with van der Waals surface area (Å²) in [4.78, 5) is 13.1. The van der Waals surface area contributed by atoms with Gasteiger partial charge in [0.05, 0.1) is 12.1 Å². The Bertz CT molecular complexity index is 973. The summed E-state index contributed by atoms with van der Waals surface area (Å²) >= 11 is 6.19. The van der Waals surface area contributed by atoms with Gasteiger partial charge in [-0.3, -0.25) is 4.79 Å². The number of fused-ring (bicyclic) bond motifs is 1. The number of hydrogen-bond acceptors (Lipinski definition) is 4. The van der Waals surface area contributed by atoms with E-state index in [-0.39, 0.29) is 5.56 Å². The predicted molar refractivity (Wildman–Crippen MR) is 118 cm³/mol. The molecule has 0 bridgehead atoms. The molecule has 1 aromatic heterocycles. The van der Waals surface area contributed by atoms with E-state index in [1.54, 1.807) is 4.57 Å². The van der Waals surface area contributed by atoms with Gasteiger partial charge in [-0.25, -0.2) is 0 Å². The Kier molecular flexibility index (Phi) is 8.11. The number of halogens is 1. The number of para-hydroxylation sites is 1. The molecular weight excluding hydrogens is 388 g/mol. The molecule has 1 N–H and O–H groups in total. The number of hydrogen-bond donors (Lipinski definition) is 1. The standard InChI is InChI=1S/C23H27ClN2O3/c1-2-28-13-6-11-25-17-19-15-18-9-10-20(24)16-22(18)26(23(19)27)12-14-29-21-7-4-3-5-8-21/h3-5,7-10,15-16,25H,2,6,11-14,17H2,1H3. The largest absolute Gasteiger partial charge is 0.492 e. The third-order valence-corrected chi connectivity index (χ3v) is 4.86. The monoisotopic (exact) mass is 414 g/mol. The first-order chi connectivity index (χ1) is 14.2. The molecule has 3 rings (SSSR count). The zero-order valence-corrected chi connectivity index (χ0v) is 17.5. The molecule has 0 amide bonds. The minimum absolute atomic E-state index is 0.0197. The fraction of sp³-hybridized carbons (Fsp3) is 0.348. The van der Waals surface area contributed by atoms with Crippen molar-refractivity contribution in [1.29, 1.82) is 0 Å². The van der Waals surface area contributed by atoms with Crippen LogP contribution >= 0.6 is 11.6 Å². The van der Waals surface area contributed by atoms with Gasteiger partial charge in [-0.1, -0.05) is 35.9 Å². The molecule has 0 unspecified atom stereocenters. The number of rotatable bonds is 11. The van der Waals surface area contributed by atoms with E-state index in [4.69, 9.17) is 21.1 Å². The maximum atomic E-state index is 13.1. The Balaban J connectivity index is 1.75. The lowest BCUT2D eigenvalue weighted by molar-refractivity contribution is 0.144. The summed E-state index contributed by atoms with van der Waals surface area (Å²) in [5.74, 6) is 0.787. The molecule has 0 aliphatic heterocycles. The van der Waals surface area contributed by atoms with Crippen molar-refractivity contribution in [3.8, 4) is 5.75 Å². The van der Waals surface area contributed by atoms with Crippen LogP contribution in [0.3, 0.4) is 0 Å². The van der Waals surface area contributed by atoms with Crippen molar-refractivity contribution in [3.05, 3.63) is 75.5 Å². The average molecular weight is 415 g/mol. The highest BCUT2D eigenvalue weighted by molar-refractivity contribution is 6.31. The van der Waals surface area contributed by atoms with Crippen molar-refractivity contribution >= 4 is 22.5 Å². The average Bonchev–Trinajstić information content (AvgIpc) is 2.74. The van der Waals surface area contributed by atoms with Crippen LogP contribution in [-0.2, 0) is 17.8 Å². The normalized spacial score (nSPS) is 11.1. The summed E-state index contributed by atoms with van der Waals surface area (Å²) in [5.41, 5.74) is 1.53. The minimum atomic E-state index is -0.0197. The molecule has 0 spiro atoms. The van der Waals surface area contributed by atoms with Gasteiger partial charge < -0.3 is 19.4 Å². The van der Waals surface area contributed by atoms with Crippen LogP contribution in [-0.4, -0.2) is 30.9 Å². The molecule has 0 radical (unpaired) electrons. The molecule has 0 fully saturated rings. The number of pyridine rings is 1. The summed E-state index contributed by atoms with van der Waals surface area (Å²) in [6, 6.07) is 17.2. The number of nitrogens with one attached hydrogen (secondary N) is 1. The summed E-state index contributed by atoms with van der Waals surface area (Å²) in [7, 11) is 0. The molecule has 3 aromatic rings. The van der Waals surface area contributed by atoms with Crippen molar-refractivity contribution in [2.45, 2.75) is 26.4 Å². The second-order valence-corrected chi connectivity index (χ2v) is 7.15. The van der Waals surface area contributed by atoms with Crippen LogP contribution in [0.4, 0.5) is 0 Å². The molecule has 1 heterocycles. The Morgan fingerprint density at radius 3 is 2.69 bits per heavy atom. The number of nitrogens with zero attached hydrogens (tertiary/aromatic N) is 1. The van der Waals surface area contributed by atoms with Crippen LogP contribution in [0.5, 0.6) is 5.75 Å². The Morgan fingerprint density at radius 2 is 1.90 bits per heavy atom. The van der Waals surface area contributed by atoms with Gasteiger partial charge in [0.1, 0.15) is 12.4 Å². The van der Waals surface area contributed by atoms with Gasteiger partial charge in [0.25, 0.3) is 5.56 Å². The molecule has 0 atom stereocenters. The SMILES string of the molecule is CCOCCCNCc1cc2ccc(Cl)cc2n(CCOc2ccccc2)c1=O. The topological polar surface area (TPSA) is 52.5 Å². The molecule has 2 aromatic carbocycles. The summed E-state index contributed by atoms with van der Waals surface area (Å²) in [5, 5.41) is 4.93. The molecule has 0 saturated carbocycles. The van der Waals surface area contributed by atoms with E-state index < -0.39 is 0 Å². The molecule has 29 heavy (non-hydrogen) atoms. The van der Waals surface area contributed by atoms with E-state index in [2.05, 4.69) is 5.32 Å². The quantitative estimate of drug-likeness (QED) is 0.476. The highest BCUT2D eigenvalue weighted by Gasteiger charge is 2.10. The minimum Gasteiger partial charge on any atom is -0.492 e. The van der Waals surface area contributed by atoms with Crippen LogP contribution in [0.1, 0.15) is 18.9 Å². The van der Waals surface area contributed by atoms with Crippen molar-refractivity contribution < 1.29 is 9.47 Å². The molecule has 0 aliphatic carbocycles. The van der Waals surface area contributed by atoms with Gasteiger partial charge in [-0.05, 0) is 55.6 Å². The summed E-state index contributed by atoms with van der Waals surface area (Å²) in [6.07, 6.45) is 0.913. The van der Waals surface area contributed by atoms with Crippen molar-refractivity contribution in [2.75, 3.05) is 26.4 Å². The van der Waals surface area contributed by atoms with Gasteiger partial charge in [-0.15, -0.1) is 0 Å². The third kappa shape index (κ3) is 6.07. The first-order valence-corrected chi connectivity index (χ1v) is 10.3. The molecule has 154 valence electrons. The van der Waals surface area contributed by atoms with E-state index in [1.807, 2.05) is 61.5 Å². The lowest BCUT2D eigenvalue weighted by Crippen LogP contribution is -2.29. The van der Waals surface area contributed by atoms with E-state index in [0.717, 1.165) is 48.4 Å². The lowest BCUT2D eigenvalue weighted by Gasteiger charge is -2.14. The highest BCUT2D eigenvalue weighted by Crippen LogP contribution is 2.19. The summed E-state index contributed by atoms with van der Waals surface area (Å²) < 4.78 is 12.9. The smallest absolute Gasteiger partial charge is 0.255 e. The second kappa shape index (κ2) is 11.0. The zero-order valence-electron chi connectivity index (χ0n) is 16.7. The lowest BCUT2D eigenvalue weighted by atomic mass is 10.1. The first-order valence-electron chi connectivity index (χ1n) is 9.97. The maximum Gasteiger partial charge on any atom is 0.255 e. The number of aromatic nitrogens is 1. The van der Waals surface area contributed by atoms with Crippen LogP contribution in [0, 0.1) is 0 Å². The van der Waals surface area contributed by atoms with Crippen LogP contribution in [0.15, 0.2) is 59.4 Å². The maximum absolute atomic E-state index is 13.1. The Morgan fingerprint density at radius 1 is 1.07 bits per heavy atom. The van der Waals surface area contributed by atoms with Crippen LogP contribution in [0.25, 0.3) is 10.9 Å². The fourth-order valence-electron chi connectivity index (χ4n) is 3.19. The zero-order chi connectivity index (χ0) is 20.5. The van der Waals surface area contributed by atoms with Gasteiger partial charge in [0, 0.05) is 30.3 Å². The number of benzene rings is 2. The van der Waals surface area contributed by atoms with Crippen LogP contribution < -0.4 is 15.6 Å². The molecule has 5 nitrogen and oxygen atoms in total. The van der Waals surface area contributed by atoms with Crippen LogP contribution in [0.2, 0.25) is 5.02 Å². The Labute approximate surface area is 176 Å². The predicted octanol–water partition coefficient (Wildman–Crippen LogP) is 4.25. The van der Waals surface area contributed by atoms with Crippen molar-refractivity contribution in [2.24, 2.45) is 0 Å². The number of ether oxygens (including phenoxy) is 2.